The van der Waals surface area contributed by atoms with Crippen molar-refractivity contribution in [2.24, 2.45) is 0 Å². The van der Waals surface area contributed by atoms with E-state index in [1.807, 2.05) is 43.3 Å². The summed E-state index contributed by atoms with van der Waals surface area (Å²) in [6, 6.07) is 19.8. The summed E-state index contributed by atoms with van der Waals surface area (Å²) < 4.78 is 27.3. The average Bonchev–Trinajstić information content (AvgIpc) is 2.73. The Morgan fingerprint density at radius 3 is 2.57 bits per heavy atom. The molecule has 0 radical (unpaired) electrons. The van der Waals surface area contributed by atoms with E-state index in [4.69, 9.17) is 9.47 Å². The average molecular weight is 578 g/mol. The SMILES string of the molecule is CCOc1cc(/C=C(/C#N)c2cccc(F)c2)cc(I)c1OCc1ccc(Br)cc1. The van der Waals surface area contributed by atoms with Crippen molar-refractivity contribution in [2.45, 2.75) is 13.5 Å². The molecule has 30 heavy (non-hydrogen) atoms. The Bertz CT molecular complexity index is 1110. The minimum absolute atomic E-state index is 0.372. The molecule has 0 atom stereocenters. The number of nitriles is 1. The van der Waals surface area contributed by atoms with Crippen LogP contribution in [0.25, 0.3) is 11.6 Å². The predicted octanol–water partition coefficient (Wildman–Crippen LogP) is 7.23. The zero-order valence-electron chi connectivity index (χ0n) is 16.2. The number of rotatable bonds is 7. The van der Waals surface area contributed by atoms with Crippen molar-refractivity contribution in [3.63, 3.8) is 0 Å². The van der Waals surface area contributed by atoms with Gasteiger partial charge in [-0.2, -0.15) is 5.26 Å². The molecule has 0 aromatic heterocycles. The highest BCUT2D eigenvalue weighted by Crippen LogP contribution is 2.36. The summed E-state index contributed by atoms with van der Waals surface area (Å²) in [7, 11) is 0. The lowest BCUT2D eigenvalue weighted by molar-refractivity contribution is 0.267. The second kappa shape index (κ2) is 10.6. The van der Waals surface area contributed by atoms with E-state index in [1.54, 1.807) is 18.2 Å². The van der Waals surface area contributed by atoms with E-state index < -0.39 is 0 Å². The van der Waals surface area contributed by atoms with Crippen LogP contribution >= 0.6 is 38.5 Å². The maximum Gasteiger partial charge on any atom is 0.175 e. The first kappa shape index (κ1) is 22.3. The van der Waals surface area contributed by atoms with E-state index in [1.165, 1.54) is 12.1 Å². The first-order valence-electron chi connectivity index (χ1n) is 9.21. The van der Waals surface area contributed by atoms with E-state index >= 15 is 0 Å². The van der Waals surface area contributed by atoms with E-state index in [-0.39, 0.29) is 5.82 Å². The summed E-state index contributed by atoms with van der Waals surface area (Å²) >= 11 is 5.62. The van der Waals surface area contributed by atoms with Gasteiger partial charge in [-0.25, -0.2) is 4.39 Å². The number of benzene rings is 3. The van der Waals surface area contributed by atoms with Gasteiger partial charge in [-0.15, -0.1) is 0 Å². The van der Waals surface area contributed by atoms with Crippen molar-refractivity contribution in [2.75, 3.05) is 6.61 Å². The zero-order valence-corrected chi connectivity index (χ0v) is 19.9. The highest BCUT2D eigenvalue weighted by Gasteiger charge is 2.13. The van der Waals surface area contributed by atoms with Gasteiger partial charge in [0.2, 0.25) is 0 Å². The van der Waals surface area contributed by atoms with Gasteiger partial charge in [-0.1, -0.05) is 40.2 Å². The molecule has 3 nitrogen and oxygen atoms in total. The summed E-state index contributed by atoms with van der Waals surface area (Å²) in [6.07, 6.45) is 1.72. The standard InChI is InChI=1S/C24H18BrFINO2/c1-2-29-23-12-17(10-19(14-28)18-4-3-5-21(26)13-18)11-22(27)24(23)30-15-16-6-8-20(25)9-7-16/h3-13H,2,15H2,1H3/b19-10-. The Morgan fingerprint density at radius 2 is 1.90 bits per heavy atom. The van der Waals surface area contributed by atoms with Crippen molar-refractivity contribution in [3.05, 3.63) is 91.2 Å². The lowest BCUT2D eigenvalue weighted by atomic mass is 10.0. The molecule has 0 aliphatic rings. The van der Waals surface area contributed by atoms with E-state index in [0.29, 0.717) is 35.8 Å². The van der Waals surface area contributed by atoms with Crippen LogP contribution in [0.2, 0.25) is 0 Å². The van der Waals surface area contributed by atoms with Gasteiger partial charge in [-0.3, -0.25) is 0 Å². The summed E-state index contributed by atoms with van der Waals surface area (Å²) in [6.45, 7) is 2.79. The van der Waals surface area contributed by atoms with Crippen LogP contribution in [0.3, 0.4) is 0 Å². The minimum Gasteiger partial charge on any atom is -0.490 e. The van der Waals surface area contributed by atoms with Gasteiger partial charge in [0.05, 0.1) is 21.8 Å². The number of hydrogen-bond donors (Lipinski definition) is 0. The Morgan fingerprint density at radius 1 is 1.13 bits per heavy atom. The van der Waals surface area contributed by atoms with Gasteiger partial charge < -0.3 is 9.47 Å². The molecule has 0 amide bonds. The number of ether oxygens (including phenoxy) is 2. The van der Waals surface area contributed by atoms with Crippen LogP contribution in [0.15, 0.2) is 65.1 Å². The second-order valence-electron chi connectivity index (χ2n) is 6.36. The normalized spacial score (nSPS) is 11.1. The van der Waals surface area contributed by atoms with Gasteiger partial charge in [0, 0.05) is 4.47 Å². The van der Waals surface area contributed by atoms with Crippen LogP contribution in [0, 0.1) is 20.7 Å². The molecule has 0 bridgehead atoms. The Balaban J connectivity index is 1.92. The third kappa shape index (κ3) is 5.83. The number of nitrogens with zero attached hydrogens (tertiary/aromatic N) is 1. The van der Waals surface area contributed by atoms with Gasteiger partial charge >= 0.3 is 0 Å². The van der Waals surface area contributed by atoms with Gasteiger partial charge in [0.1, 0.15) is 12.4 Å². The van der Waals surface area contributed by atoms with Gasteiger partial charge in [0.15, 0.2) is 11.5 Å². The molecule has 6 heteroatoms. The largest absolute Gasteiger partial charge is 0.490 e. The summed E-state index contributed by atoms with van der Waals surface area (Å²) in [5.74, 6) is 0.876. The molecule has 0 aliphatic heterocycles. The minimum atomic E-state index is -0.380. The fourth-order valence-corrected chi connectivity index (χ4v) is 3.86. The Hall–Kier alpha value is -2.37. The molecule has 0 saturated heterocycles. The Kier molecular flexibility index (Phi) is 7.88. The summed E-state index contributed by atoms with van der Waals surface area (Å²) in [5, 5.41) is 9.56. The van der Waals surface area contributed by atoms with Crippen LogP contribution in [0.1, 0.15) is 23.6 Å². The fourth-order valence-electron chi connectivity index (χ4n) is 2.81. The molecular formula is C24H18BrFINO2. The lowest BCUT2D eigenvalue weighted by Gasteiger charge is -2.15. The topological polar surface area (TPSA) is 42.2 Å². The highest BCUT2D eigenvalue weighted by molar-refractivity contribution is 14.1. The van der Waals surface area contributed by atoms with Crippen molar-refractivity contribution in [1.29, 1.82) is 5.26 Å². The quantitative estimate of drug-likeness (QED) is 0.169. The van der Waals surface area contributed by atoms with Gasteiger partial charge in [-0.05, 0) is 88.7 Å². The monoisotopic (exact) mass is 577 g/mol. The molecule has 152 valence electrons. The zero-order chi connectivity index (χ0) is 21.5. The van der Waals surface area contributed by atoms with Crippen LogP contribution in [0.5, 0.6) is 11.5 Å². The smallest absolute Gasteiger partial charge is 0.175 e. The molecule has 0 saturated carbocycles. The van der Waals surface area contributed by atoms with Crippen molar-refractivity contribution in [3.8, 4) is 17.6 Å². The third-order valence-electron chi connectivity index (χ3n) is 4.20. The Labute approximate surface area is 197 Å². The summed E-state index contributed by atoms with van der Waals surface area (Å²) in [5.41, 5.74) is 2.72. The number of halogens is 3. The van der Waals surface area contributed by atoms with E-state index in [9.17, 15) is 9.65 Å². The van der Waals surface area contributed by atoms with Crippen LogP contribution in [-0.2, 0) is 6.61 Å². The molecule has 3 aromatic rings. The molecule has 0 fully saturated rings. The molecule has 0 heterocycles. The first-order chi connectivity index (χ1) is 14.5. The molecule has 0 spiro atoms. The first-order valence-corrected chi connectivity index (χ1v) is 11.1. The number of allylic oxidation sites excluding steroid dienone is 1. The van der Waals surface area contributed by atoms with Crippen molar-refractivity contribution in [1.82, 2.24) is 0 Å². The fraction of sp³-hybridized carbons (Fsp3) is 0.125. The molecule has 0 unspecified atom stereocenters. The molecular weight excluding hydrogens is 560 g/mol. The predicted molar refractivity (Wildman–Crippen MR) is 129 cm³/mol. The molecule has 3 aromatic carbocycles. The van der Waals surface area contributed by atoms with E-state index in [2.05, 4.69) is 44.6 Å². The molecule has 0 aliphatic carbocycles. The highest BCUT2D eigenvalue weighted by atomic mass is 127. The van der Waals surface area contributed by atoms with Crippen molar-refractivity contribution >= 4 is 50.2 Å². The number of hydrogen-bond acceptors (Lipinski definition) is 3. The second-order valence-corrected chi connectivity index (χ2v) is 8.44. The summed E-state index contributed by atoms with van der Waals surface area (Å²) in [4.78, 5) is 0. The van der Waals surface area contributed by atoms with Crippen LogP contribution in [0.4, 0.5) is 4.39 Å². The van der Waals surface area contributed by atoms with Crippen LogP contribution in [-0.4, -0.2) is 6.61 Å². The van der Waals surface area contributed by atoms with Crippen molar-refractivity contribution < 1.29 is 13.9 Å². The van der Waals surface area contributed by atoms with Crippen LogP contribution < -0.4 is 9.47 Å². The lowest BCUT2D eigenvalue weighted by Crippen LogP contribution is -2.02. The van der Waals surface area contributed by atoms with E-state index in [0.717, 1.165) is 19.2 Å². The third-order valence-corrected chi connectivity index (χ3v) is 5.53. The maximum absolute atomic E-state index is 13.6. The van der Waals surface area contributed by atoms with Gasteiger partial charge in [0.25, 0.3) is 0 Å². The maximum atomic E-state index is 13.6. The molecule has 0 N–H and O–H groups in total. The molecule has 3 rings (SSSR count).